The Labute approximate surface area is 210 Å². The Morgan fingerprint density at radius 3 is 2.58 bits per heavy atom. The lowest BCUT2D eigenvalue weighted by molar-refractivity contribution is -0.170. The molecule has 36 heavy (non-hydrogen) atoms. The second kappa shape index (κ2) is 10.3. The fraction of sp³-hybridized carbons (Fsp3) is 0.370. The predicted octanol–water partition coefficient (Wildman–Crippen LogP) is 2.85. The van der Waals surface area contributed by atoms with Gasteiger partial charge in [-0.1, -0.05) is 36.8 Å². The van der Waals surface area contributed by atoms with Crippen molar-refractivity contribution in [3.8, 4) is 0 Å². The van der Waals surface area contributed by atoms with E-state index in [4.69, 9.17) is 5.73 Å². The highest BCUT2D eigenvalue weighted by Crippen LogP contribution is 2.35. The SMILES string of the molecule is CC[C@@H](CC(=O)N1C(=O)[C@H](Cc2ccnc(N)c2)[C@H]1C(=O)N(C)c1nccn1C)c1cccc(C)c1. The Kier molecular flexibility index (Phi) is 7.19. The minimum Gasteiger partial charge on any atom is -0.384 e. The van der Waals surface area contributed by atoms with E-state index in [0.29, 0.717) is 11.8 Å². The molecule has 3 heterocycles. The first-order valence-electron chi connectivity index (χ1n) is 12.1. The zero-order chi connectivity index (χ0) is 26.0. The number of pyridine rings is 1. The molecule has 188 valence electrons. The first-order valence-corrected chi connectivity index (χ1v) is 12.1. The van der Waals surface area contributed by atoms with Crippen molar-refractivity contribution in [2.75, 3.05) is 17.7 Å². The molecule has 2 N–H and O–H groups in total. The van der Waals surface area contributed by atoms with Gasteiger partial charge in [-0.2, -0.15) is 0 Å². The van der Waals surface area contributed by atoms with Gasteiger partial charge in [-0.3, -0.25) is 24.2 Å². The second-order valence-corrected chi connectivity index (χ2v) is 9.41. The summed E-state index contributed by atoms with van der Waals surface area (Å²) >= 11 is 0. The van der Waals surface area contributed by atoms with Crippen LogP contribution in [0.5, 0.6) is 0 Å². The smallest absolute Gasteiger partial charge is 0.253 e. The van der Waals surface area contributed by atoms with Gasteiger partial charge in [-0.05, 0) is 48.9 Å². The number of imidazole rings is 1. The number of likely N-dealkylation sites (tertiary alicyclic amines) is 1. The Balaban J connectivity index is 1.61. The number of carbonyl (C=O) groups is 3. The van der Waals surface area contributed by atoms with Gasteiger partial charge in [0.25, 0.3) is 5.91 Å². The van der Waals surface area contributed by atoms with Gasteiger partial charge in [0.05, 0.1) is 5.92 Å². The molecule has 9 nitrogen and oxygen atoms in total. The van der Waals surface area contributed by atoms with E-state index in [1.54, 1.807) is 49.4 Å². The number of imide groups is 1. The van der Waals surface area contributed by atoms with Crippen LogP contribution < -0.4 is 10.6 Å². The topological polar surface area (TPSA) is 114 Å². The summed E-state index contributed by atoms with van der Waals surface area (Å²) in [6.07, 6.45) is 6.08. The van der Waals surface area contributed by atoms with Crippen molar-refractivity contribution in [1.29, 1.82) is 0 Å². The fourth-order valence-corrected chi connectivity index (χ4v) is 4.89. The van der Waals surface area contributed by atoms with Crippen molar-refractivity contribution in [2.45, 2.75) is 45.1 Å². The lowest BCUT2D eigenvalue weighted by Gasteiger charge is -2.46. The maximum Gasteiger partial charge on any atom is 0.253 e. The lowest BCUT2D eigenvalue weighted by atomic mass is 9.80. The molecule has 1 aliphatic rings. The van der Waals surface area contributed by atoms with Crippen LogP contribution in [0.4, 0.5) is 11.8 Å². The summed E-state index contributed by atoms with van der Waals surface area (Å²) in [4.78, 5) is 51.3. The molecule has 0 saturated carbocycles. The van der Waals surface area contributed by atoms with Crippen LogP contribution in [0.2, 0.25) is 0 Å². The van der Waals surface area contributed by atoms with Crippen molar-refractivity contribution in [2.24, 2.45) is 13.0 Å². The lowest BCUT2D eigenvalue weighted by Crippen LogP contribution is -2.69. The number of hydrogen-bond donors (Lipinski definition) is 1. The molecule has 3 aromatic rings. The highest BCUT2D eigenvalue weighted by atomic mass is 16.2. The zero-order valence-electron chi connectivity index (χ0n) is 21.1. The van der Waals surface area contributed by atoms with Gasteiger partial charge in [0, 0.05) is 39.1 Å². The number of β-lactam (4-membered cyclic amide) rings is 1. The number of aryl methyl sites for hydroxylation is 2. The van der Waals surface area contributed by atoms with E-state index < -0.39 is 12.0 Å². The van der Waals surface area contributed by atoms with E-state index >= 15 is 0 Å². The molecule has 3 amide bonds. The fourth-order valence-electron chi connectivity index (χ4n) is 4.89. The normalized spacial score (nSPS) is 18.0. The van der Waals surface area contributed by atoms with Crippen molar-refractivity contribution >= 4 is 29.5 Å². The van der Waals surface area contributed by atoms with Crippen LogP contribution in [0.15, 0.2) is 55.0 Å². The number of likely N-dealkylation sites (N-methyl/N-ethyl adjacent to an activating group) is 1. The monoisotopic (exact) mass is 488 g/mol. The van der Waals surface area contributed by atoms with Crippen LogP contribution in [0.3, 0.4) is 0 Å². The minimum absolute atomic E-state index is 0.0488. The van der Waals surface area contributed by atoms with Crippen LogP contribution in [0.1, 0.15) is 42.4 Å². The Hall–Kier alpha value is -4.01. The maximum atomic E-state index is 13.7. The molecule has 1 aliphatic heterocycles. The predicted molar refractivity (Wildman–Crippen MR) is 137 cm³/mol. The first-order chi connectivity index (χ1) is 17.2. The molecule has 1 fully saturated rings. The van der Waals surface area contributed by atoms with E-state index in [2.05, 4.69) is 16.0 Å². The molecule has 2 aromatic heterocycles. The van der Waals surface area contributed by atoms with Gasteiger partial charge in [0.2, 0.25) is 17.8 Å². The average molecular weight is 489 g/mol. The molecule has 1 saturated heterocycles. The summed E-state index contributed by atoms with van der Waals surface area (Å²) in [7, 11) is 3.39. The molecular formula is C27H32N6O3. The molecule has 0 aliphatic carbocycles. The van der Waals surface area contributed by atoms with Gasteiger partial charge in [0.1, 0.15) is 11.9 Å². The third-order valence-corrected chi connectivity index (χ3v) is 6.89. The summed E-state index contributed by atoms with van der Waals surface area (Å²) in [5, 5.41) is 0. The third kappa shape index (κ3) is 4.86. The van der Waals surface area contributed by atoms with Gasteiger partial charge in [-0.15, -0.1) is 0 Å². The summed E-state index contributed by atoms with van der Waals surface area (Å²) in [6, 6.07) is 10.6. The average Bonchev–Trinajstić information content (AvgIpc) is 3.28. The number of hydrogen-bond acceptors (Lipinski definition) is 6. The number of nitrogens with zero attached hydrogens (tertiary/aromatic N) is 5. The van der Waals surface area contributed by atoms with Crippen molar-refractivity contribution in [3.05, 3.63) is 71.7 Å². The number of nitrogens with two attached hydrogens (primary N) is 1. The molecule has 0 unspecified atom stereocenters. The van der Waals surface area contributed by atoms with Crippen LogP contribution in [-0.2, 0) is 27.9 Å². The van der Waals surface area contributed by atoms with Crippen molar-refractivity contribution in [1.82, 2.24) is 19.4 Å². The maximum absolute atomic E-state index is 13.7. The quantitative estimate of drug-likeness (QED) is 0.488. The summed E-state index contributed by atoms with van der Waals surface area (Å²) < 4.78 is 1.72. The second-order valence-electron chi connectivity index (χ2n) is 9.41. The number of aromatic nitrogens is 3. The van der Waals surface area contributed by atoms with E-state index in [0.717, 1.165) is 28.0 Å². The Morgan fingerprint density at radius 2 is 1.94 bits per heavy atom. The van der Waals surface area contributed by atoms with Crippen LogP contribution >= 0.6 is 0 Å². The molecular weight excluding hydrogens is 456 g/mol. The molecule has 9 heteroatoms. The number of nitrogen functional groups attached to an aromatic ring is 1. The molecule has 1 aromatic carbocycles. The highest BCUT2D eigenvalue weighted by Gasteiger charge is 2.55. The van der Waals surface area contributed by atoms with Gasteiger partial charge < -0.3 is 10.3 Å². The number of anilines is 2. The van der Waals surface area contributed by atoms with Gasteiger partial charge in [-0.25, -0.2) is 9.97 Å². The third-order valence-electron chi connectivity index (χ3n) is 6.89. The molecule has 0 bridgehead atoms. The van der Waals surface area contributed by atoms with Crippen molar-refractivity contribution in [3.63, 3.8) is 0 Å². The van der Waals surface area contributed by atoms with E-state index in [1.807, 2.05) is 32.0 Å². The summed E-state index contributed by atoms with van der Waals surface area (Å²) in [5.74, 6) is -0.995. The standard InChI is InChI=1S/C27H32N6O3/c1-5-19(20-8-6-7-17(2)13-20)16-23(34)33-24(26(36)32(4)27-30-11-12-31(27)3)21(25(33)35)14-18-9-10-29-22(28)15-18/h6-13,15,19,21,24H,5,14,16H2,1-4H3,(H2,28,29)/t19-,21+,24-/m0/s1. The van der Waals surface area contributed by atoms with E-state index in [1.165, 1.54) is 4.90 Å². The van der Waals surface area contributed by atoms with Crippen molar-refractivity contribution < 1.29 is 14.4 Å². The molecule has 0 radical (unpaired) electrons. The number of benzene rings is 1. The Bertz CT molecular complexity index is 1290. The van der Waals surface area contributed by atoms with E-state index in [-0.39, 0.29) is 36.5 Å². The van der Waals surface area contributed by atoms with Crippen LogP contribution in [0.25, 0.3) is 0 Å². The van der Waals surface area contributed by atoms with Crippen LogP contribution in [0, 0.1) is 12.8 Å². The largest absolute Gasteiger partial charge is 0.384 e. The number of amides is 3. The number of carbonyl (C=O) groups excluding carboxylic acids is 3. The zero-order valence-corrected chi connectivity index (χ0v) is 21.1. The minimum atomic E-state index is -0.920. The Morgan fingerprint density at radius 1 is 1.17 bits per heavy atom. The number of rotatable bonds is 8. The van der Waals surface area contributed by atoms with E-state index in [9.17, 15) is 14.4 Å². The summed E-state index contributed by atoms with van der Waals surface area (Å²) in [6.45, 7) is 4.03. The highest BCUT2D eigenvalue weighted by molar-refractivity contribution is 6.12. The van der Waals surface area contributed by atoms with Crippen LogP contribution in [-0.4, -0.2) is 50.2 Å². The molecule has 3 atom stereocenters. The molecule has 4 rings (SSSR count). The van der Waals surface area contributed by atoms with Gasteiger partial charge in [0.15, 0.2) is 0 Å². The summed E-state index contributed by atoms with van der Waals surface area (Å²) in [5.41, 5.74) is 8.77. The molecule has 0 spiro atoms. The first kappa shape index (κ1) is 25.1. The van der Waals surface area contributed by atoms with Gasteiger partial charge >= 0.3 is 0 Å².